The van der Waals surface area contributed by atoms with Crippen molar-refractivity contribution in [2.24, 2.45) is 0 Å². The molecule has 0 fully saturated rings. The molecular weight excluding hydrogens is 478 g/mol. The number of rotatable bonds is 12. The van der Waals surface area contributed by atoms with Crippen LogP contribution in [-0.2, 0) is 32.7 Å². The summed E-state index contributed by atoms with van der Waals surface area (Å²) in [5.41, 5.74) is 1.57. The van der Waals surface area contributed by atoms with Gasteiger partial charge in [-0.25, -0.2) is 4.98 Å². The summed E-state index contributed by atoms with van der Waals surface area (Å²) < 4.78 is 43.9. The van der Waals surface area contributed by atoms with Crippen molar-refractivity contribution < 1.29 is 27.1 Å². The molecule has 0 aliphatic rings. The minimum absolute atomic E-state index is 0.0310. The quantitative estimate of drug-likeness (QED) is 0.346. The van der Waals surface area contributed by atoms with Gasteiger partial charge in [0.15, 0.2) is 0 Å². The van der Waals surface area contributed by atoms with Crippen LogP contribution >= 0.6 is 11.3 Å². The molecule has 0 amide bonds. The van der Waals surface area contributed by atoms with Gasteiger partial charge in [0.1, 0.15) is 18.1 Å². The predicted molar refractivity (Wildman–Crippen MR) is 130 cm³/mol. The van der Waals surface area contributed by atoms with Gasteiger partial charge in [-0.05, 0) is 43.0 Å². The molecule has 0 saturated heterocycles. The highest BCUT2D eigenvalue weighted by Crippen LogP contribution is 2.26. The summed E-state index contributed by atoms with van der Waals surface area (Å²) in [6.07, 6.45) is 0.594. The fraction of sp³-hybridized carbons (Fsp3) is 0.391. The molecule has 0 unspecified atom stereocenters. The van der Waals surface area contributed by atoms with Crippen LogP contribution in [0.1, 0.15) is 23.9 Å². The van der Waals surface area contributed by atoms with Crippen molar-refractivity contribution in [3.63, 3.8) is 0 Å². The molecule has 0 atom stereocenters. The first-order valence-electron chi connectivity index (χ1n) is 10.8. The monoisotopic (exact) mass is 507 g/mol. The summed E-state index contributed by atoms with van der Waals surface area (Å²) in [5.74, 6) is 1.44. The average molecular weight is 508 g/mol. The van der Waals surface area contributed by atoms with E-state index in [1.807, 2.05) is 24.4 Å². The van der Waals surface area contributed by atoms with Gasteiger partial charge in [-0.2, -0.15) is 17.0 Å². The molecule has 0 N–H and O–H groups in total. The molecule has 2 aromatic heterocycles. The third-order valence-electron chi connectivity index (χ3n) is 4.91. The van der Waals surface area contributed by atoms with Crippen LogP contribution in [0, 0.1) is 6.92 Å². The van der Waals surface area contributed by atoms with E-state index in [-0.39, 0.29) is 19.7 Å². The van der Waals surface area contributed by atoms with Crippen molar-refractivity contribution in [1.29, 1.82) is 0 Å². The summed E-state index contributed by atoms with van der Waals surface area (Å²) in [5, 5.41) is 1.98. The number of hydrogen-bond acceptors (Lipinski definition) is 8. The first-order valence-corrected chi connectivity index (χ1v) is 13.0. The predicted octanol–water partition coefficient (Wildman–Crippen LogP) is 3.50. The molecule has 3 aromatic rings. The Balaban J connectivity index is 1.59. The minimum atomic E-state index is -3.80. The molecule has 184 valence electrons. The largest absolute Gasteiger partial charge is 0.493 e. The van der Waals surface area contributed by atoms with E-state index in [0.717, 1.165) is 30.5 Å². The van der Waals surface area contributed by atoms with Gasteiger partial charge in [0, 0.05) is 27.1 Å². The van der Waals surface area contributed by atoms with E-state index in [9.17, 15) is 13.2 Å². The summed E-state index contributed by atoms with van der Waals surface area (Å²) in [6.45, 7) is 3.83. The molecule has 11 heteroatoms. The maximum atomic E-state index is 12.6. The van der Waals surface area contributed by atoms with Crippen LogP contribution in [0.3, 0.4) is 0 Å². The molecule has 9 nitrogen and oxygen atoms in total. The van der Waals surface area contributed by atoms with Gasteiger partial charge in [-0.3, -0.25) is 4.79 Å². The van der Waals surface area contributed by atoms with Crippen molar-refractivity contribution in [2.45, 2.75) is 26.8 Å². The summed E-state index contributed by atoms with van der Waals surface area (Å²) in [7, 11) is -0.962. The number of carbonyl (C=O) groups excluding carboxylic acids is 1. The maximum absolute atomic E-state index is 12.6. The van der Waals surface area contributed by atoms with E-state index in [1.54, 1.807) is 42.5 Å². The smallest absolute Gasteiger partial charge is 0.321 e. The average Bonchev–Trinajstić information content (AvgIpc) is 3.45. The Morgan fingerprint density at radius 2 is 1.91 bits per heavy atom. The van der Waals surface area contributed by atoms with Crippen molar-refractivity contribution in [3.05, 3.63) is 58.8 Å². The number of aryl methyl sites for hydroxylation is 1. The lowest BCUT2D eigenvalue weighted by molar-refractivity contribution is -0.143. The van der Waals surface area contributed by atoms with Crippen LogP contribution in [-0.4, -0.2) is 61.8 Å². The first kappa shape index (κ1) is 25.9. The Morgan fingerprint density at radius 3 is 2.53 bits per heavy atom. The molecule has 0 radical (unpaired) electrons. The summed E-state index contributed by atoms with van der Waals surface area (Å²) in [4.78, 5) is 17.5. The fourth-order valence-electron chi connectivity index (χ4n) is 3.13. The highest BCUT2D eigenvalue weighted by molar-refractivity contribution is 7.86. The Labute approximate surface area is 204 Å². The lowest BCUT2D eigenvalue weighted by Crippen LogP contribution is -2.42. The van der Waals surface area contributed by atoms with Crippen LogP contribution in [0.4, 0.5) is 0 Å². The minimum Gasteiger partial charge on any atom is -0.493 e. The van der Waals surface area contributed by atoms with Gasteiger partial charge < -0.3 is 13.9 Å². The summed E-state index contributed by atoms with van der Waals surface area (Å²) >= 11 is 1.58. The number of benzene rings is 1. The molecule has 3 rings (SSSR count). The topological polar surface area (TPSA) is 102 Å². The zero-order valence-corrected chi connectivity index (χ0v) is 21.3. The lowest BCUT2D eigenvalue weighted by Gasteiger charge is -2.24. The molecule has 0 bridgehead atoms. The number of nitrogens with zero attached hydrogens (tertiary/aromatic N) is 3. The third-order valence-corrected chi connectivity index (χ3v) is 7.60. The van der Waals surface area contributed by atoms with Gasteiger partial charge in [-0.15, -0.1) is 11.3 Å². The second-order valence-corrected chi connectivity index (χ2v) is 10.7. The number of thiophene rings is 1. The van der Waals surface area contributed by atoms with Crippen LogP contribution in [0.5, 0.6) is 5.75 Å². The number of aromatic nitrogens is 1. The molecule has 0 aliphatic heterocycles. The van der Waals surface area contributed by atoms with E-state index in [1.165, 1.54) is 14.1 Å². The van der Waals surface area contributed by atoms with E-state index in [2.05, 4.69) is 4.98 Å². The van der Waals surface area contributed by atoms with Crippen LogP contribution in [0.2, 0.25) is 0 Å². The zero-order valence-electron chi connectivity index (χ0n) is 19.7. The molecule has 0 saturated carbocycles. The first-order chi connectivity index (χ1) is 16.2. The second-order valence-electron chi connectivity index (χ2n) is 7.60. The number of oxazole rings is 1. The van der Waals surface area contributed by atoms with Crippen molar-refractivity contribution in [2.75, 3.05) is 33.9 Å². The molecule has 2 heterocycles. The van der Waals surface area contributed by atoms with Gasteiger partial charge >= 0.3 is 5.97 Å². The standard InChI is InChI=1S/C23H29N3O6S2/c1-5-30-22(27)16-26(34(28,29)25(3)4)15-18-8-10-19(11-9-18)31-13-12-20-17(2)32-23(24-20)21-7-6-14-33-21/h6-11,14H,5,12-13,15-16H2,1-4H3. The van der Waals surface area contributed by atoms with Gasteiger partial charge in [0.05, 0.1) is 23.8 Å². The Morgan fingerprint density at radius 1 is 1.18 bits per heavy atom. The van der Waals surface area contributed by atoms with Crippen molar-refractivity contribution >= 4 is 27.5 Å². The normalized spacial score (nSPS) is 11.8. The van der Waals surface area contributed by atoms with Crippen LogP contribution in [0.25, 0.3) is 10.8 Å². The Bertz CT molecular complexity index is 1170. The number of esters is 1. The highest BCUT2D eigenvalue weighted by atomic mass is 32.2. The maximum Gasteiger partial charge on any atom is 0.321 e. The number of carbonyl (C=O) groups is 1. The molecule has 0 aliphatic carbocycles. The lowest BCUT2D eigenvalue weighted by atomic mass is 10.2. The Kier molecular flexibility index (Phi) is 8.84. The van der Waals surface area contributed by atoms with Gasteiger partial charge in [-0.1, -0.05) is 18.2 Å². The Hall–Kier alpha value is -2.73. The second kappa shape index (κ2) is 11.6. The van der Waals surface area contributed by atoms with Gasteiger partial charge in [0.25, 0.3) is 10.2 Å². The van der Waals surface area contributed by atoms with Crippen LogP contribution in [0.15, 0.2) is 46.2 Å². The fourth-order valence-corrected chi connectivity index (χ4v) is 4.82. The molecule has 0 spiro atoms. The van der Waals surface area contributed by atoms with E-state index < -0.39 is 16.2 Å². The number of ether oxygens (including phenoxy) is 2. The van der Waals surface area contributed by atoms with E-state index >= 15 is 0 Å². The number of hydrogen-bond donors (Lipinski definition) is 0. The third kappa shape index (κ3) is 6.66. The van der Waals surface area contributed by atoms with Crippen molar-refractivity contribution in [3.8, 4) is 16.5 Å². The molecule has 1 aromatic carbocycles. The zero-order chi connectivity index (χ0) is 24.7. The molecule has 34 heavy (non-hydrogen) atoms. The van der Waals surface area contributed by atoms with Gasteiger partial charge in [0.2, 0.25) is 5.89 Å². The highest BCUT2D eigenvalue weighted by Gasteiger charge is 2.27. The van der Waals surface area contributed by atoms with Crippen LogP contribution < -0.4 is 4.74 Å². The van der Waals surface area contributed by atoms with E-state index in [0.29, 0.717) is 24.7 Å². The van der Waals surface area contributed by atoms with Crippen molar-refractivity contribution in [1.82, 2.24) is 13.6 Å². The summed E-state index contributed by atoms with van der Waals surface area (Å²) in [6, 6.07) is 11.0. The SMILES string of the molecule is CCOC(=O)CN(Cc1ccc(OCCc2nc(-c3cccs3)oc2C)cc1)S(=O)(=O)N(C)C. The van der Waals surface area contributed by atoms with E-state index in [4.69, 9.17) is 13.9 Å². The molecular formula is C23H29N3O6S2.